The molecule has 5 nitrogen and oxygen atoms in total. The molecule has 24 heavy (non-hydrogen) atoms. The van der Waals surface area contributed by atoms with Crippen LogP contribution in [0.1, 0.15) is 28.7 Å². The van der Waals surface area contributed by atoms with Gasteiger partial charge in [-0.05, 0) is 39.0 Å². The molecule has 0 radical (unpaired) electrons. The van der Waals surface area contributed by atoms with Crippen molar-refractivity contribution in [1.29, 1.82) is 5.26 Å². The van der Waals surface area contributed by atoms with Crippen molar-refractivity contribution in [3.8, 4) is 6.07 Å². The molecule has 3 aromatic rings. The van der Waals surface area contributed by atoms with Crippen molar-refractivity contribution in [3.05, 3.63) is 59.1 Å². The Morgan fingerprint density at radius 2 is 2.08 bits per heavy atom. The van der Waals surface area contributed by atoms with Gasteiger partial charge in [0.05, 0.1) is 5.69 Å². The maximum absolute atomic E-state index is 12.6. The normalized spacial score (nSPS) is 11.7. The third kappa shape index (κ3) is 2.63. The standard InChI is InChI=1S/C19H18N4O/c1-4-22-12-16(17-7-5-6-8-18(17)22)10-15(11-20)19(24)23-14(3)9-13(2)21-23/h5-10,12H,4H2,1-3H3/b15-10+. The summed E-state index contributed by atoms with van der Waals surface area (Å²) in [5, 5.41) is 14.7. The van der Waals surface area contributed by atoms with Crippen LogP contribution in [0.25, 0.3) is 17.0 Å². The second-order valence-electron chi connectivity index (χ2n) is 5.70. The van der Waals surface area contributed by atoms with E-state index in [0.717, 1.165) is 34.4 Å². The molecule has 0 spiro atoms. The fraction of sp³-hybridized carbons (Fsp3) is 0.211. The molecule has 0 atom stereocenters. The van der Waals surface area contributed by atoms with Gasteiger partial charge in [0.2, 0.25) is 0 Å². The molecule has 0 aliphatic heterocycles. The van der Waals surface area contributed by atoms with Crippen molar-refractivity contribution < 1.29 is 4.79 Å². The summed E-state index contributed by atoms with van der Waals surface area (Å²) in [5.74, 6) is -0.406. The van der Waals surface area contributed by atoms with Crippen molar-refractivity contribution in [1.82, 2.24) is 14.3 Å². The highest BCUT2D eigenvalue weighted by atomic mass is 16.2. The number of aromatic nitrogens is 3. The molecule has 0 N–H and O–H groups in total. The van der Waals surface area contributed by atoms with Gasteiger partial charge >= 0.3 is 0 Å². The molecule has 0 saturated carbocycles. The number of rotatable bonds is 3. The fourth-order valence-electron chi connectivity index (χ4n) is 2.90. The van der Waals surface area contributed by atoms with Crippen molar-refractivity contribution in [2.75, 3.05) is 0 Å². The van der Waals surface area contributed by atoms with Gasteiger partial charge in [-0.3, -0.25) is 4.79 Å². The second kappa shape index (κ2) is 6.17. The van der Waals surface area contributed by atoms with E-state index in [2.05, 4.69) is 16.6 Å². The summed E-state index contributed by atoms with van der Waals surface area (Å²) in [5.41, 5.74) is 3.48. The zero-order valence-electron chi connectivity index (χ0n) is 13.9. The molecule has 0 amide bonds. The lowest BCUT2D eigenvalue weighted by atomic mass is 10.1. The van der Waals surface area contributed by atoms with Crippen molar-refractivity contribution >= 4 is 22.9 Å². The quantitative estimate of drug-likeness (QED) is 0.546. The Morgan fingerprint density at radius 1 is 1.33 bits per heavy atom. The van der Waals surface area contributed by atoms with Crippen molar-refractivity contribution in [3.63, 3.8) is 0 Å². The lowest BCUT2D eigenvalue weighted by molar-refractivity contribution is 0.0944. The molecular weight excluding hydrogens is 300 g/mol. The third-order valence-electron chi connectivity index (χ3n) is 4.01. The number of nitrogens with zero attached hydrogens (tertiary/aromatic N) is 4. The van der Waals surface area contributed by atoms with Gasteiger partial charge in [0, 0.05) is 34.9 Å². The van der Waals surface area contributed by atoms with Gasteiger partial charge in [0.15, 0.2) is 0 Å². The Hall–Kier alpha value is -3.13. The number of aryl methyl sites for hydroxylation is 3. The molecule has 3 rings (SSSR count). The number of nitriles is 1. The smallest absolute Gasteiger partial charge is 0.289 e. The van der Waals surface area contributed by atoms with E-state index in [-0.39, 0.29) is 5.57 Å². The number of carbonyl (C=O) groups excluding carboxylic acids is 1. The lowest BCUT2D eigenvalue weighted by Gasteiger charge is -2.01. The van der Waals surface area contributed by atoms with Crippen LogP contribution in [0.4, 0.5) is 0 Å². The Kier molecular flexibility index (Phi) is 4.05. The largest absolute Gasteiger partial charge is 0.347 e. The van der Waals surface area contributed by atoms with Crippen LogP contribution in [0.2, 0.25) is 0 Å². The predicted molar refractivity (Wildman–Crippen MR) is 93.5 cm³/mol. The zero-order chi connectivity index (χ0) is 17.3. The number of allylic oxidation sites excluding steroid dienone is 1. The number of fused-ring (bicyclic) bond motifs is 1. The SMILES string of the molecule is CCn1cc(/C=C(\C#N)C(=O)n2nc(C)cc2C)c2ccccc21. The average Bonchev–Trinajstić information content (AvgIpc) is 3.11. The van der Waals surface area contributed by atoms with E-state index in [9.17, 15) is 10.1 Å². The Morgan fingerprint density at radius 3 is 2.71 bits per heavy atom. The molecule has 2 aromatic heterocycles. The number of hydrogen-bond donors (Lipinski definition) is 0. The van der Waals surface area contributed by atoms with Gasteiger partial charge in [0.1, 0.15) is 11.6 Å². The van der Waals surface area contributed by atoms with Gasteiger partial charge in [0.25, 0.3) is 5.91 Å². The molecule has 0 aliphatic rings. The average molecular weight is 318 g/mol. The molecule has 0 saturated heterocycles. The van der Waals surface area contributed by atoms with Gasteiger partial charge in [-0.2, -0.15) is 10.4 Å². The molecule has 2 heterocycles. The van der Waals surface area contributed by atoms with E-state index in [4.69, 9.17) is 0 Å². The van der Waals surface area contributed by atoms with Gasteiger partial charge in [-0.1, -0.05) is 18.2 Å². The van der Waals surface area contributed by atoms with E-state index in [1.54, 1.807) is 13.0 Å². The van der Waals surface area contributed by atoms with Crippen LogP contribution >= 0.6 is 0 Å². The number of carbonyl (C=O) groups is 1. The van der Waals surface area contributed by atoms with Crippen LogP contribution in [-0.2, 0) is 6.54 Å². The maximum atomic E-state index is 12.6. The summed E-state index contributed by atoms with van der Waals surface area (Å²) >= 11 is 0. The third-order valence-corrected chi connectivity index (χ3v) is 4.01. The van der Waals surface area contributed by atoms with Crippen LogP contribution in [-0.4, -0.2) is 20.3 Å². The van der Waals surface area contributed by atoms with Crippen LogP contribution in [0.3, 0.4) is 0 Å². The first kappa shape index (κ1) is 15.8. The first-order chi connectivity index (χ1) is 11.5. The van der Waals surface area contributed by atoms with E-state index >= 15 is 0 Å². The Bertz CT molecular complexity index is 998. The first-order valence-electron chi connectivity index (χ1n) is 7.82. The Balaban J connectivity index is 2.11. The summed E-state index contributed by atoms with van der Waals surface area (Å²) < 4.78 is 3.38. The molecule has 5 heteroatoms. The molecule has 1 aromatic carbocycles. The molecule has 120 valence electrons. The minimum atomic E-state index is -0.406. The highest BCUT2D eigenvalue weighted by Gasteiger charge is 2.16. The summed E-state index contributed by atoms with van der Waals surface area (Å²) in [7, 11) is 0. The summed E-state index contributed by atoms with van der Waals surface area (Å²) in [6, 6.07) is 11.8. The van der Waals surface area contributed by atoms with Crippen LogP contribution in [0.5, 0.6) is 0 Å². The van der Waals surface area contributed by atoms with Gasteiger partial charge in [-0.15, -0.1) is 0 Å². The lowest BCUT2D eigenvalue weighted by Crippen LogP contribution is -2.15. The zero-order valence-corrected chi connectivity index (χ0v) is 13.9. The molecule has 0 unspecified atom stereocenters. The highest BCUT2D eigenvalue weighted by molar-refractivity contribution is 6.05. The van der Waals surface area contributed by atoms with E-state index in [1.807, 2.05) is 49.5 Å². The van der Waals surface area contributed by atoms with E-state index in [1.165, 1.54) is 4.68 Å². The highest BCUT2D eigenvalue weighted by Crippen LogP contribution is 2.24. The molecule has 0 bridgehead atoms. The summed E-state index contributed by atoms with van der Waals surface area (Å²) in [6.45, 7) is 6.51. The van der Waals surface area contributed by atoms with Gasteiger partial charge in [-0.25, -0.2) is 4.68 Å². The first-order valence-corrected chi connectivity index (χ1v) is 7.82. The summed E-state index contributed by atoms with van der Waals surface area (Å²) in [6.07, 6.45) is 3.61. The van der Waals surface area contributed by atoms with Crippen molar-refractivity contribution in [2.24, 2.45) is 0 Å². The molecular formula is C19H18N4O. The van der Waals surface area contributed by atoms with E-state index in [0.29, 0.717) is 0 Å². The fourth-order valence-corrected chi connectivity index (χ4v) is 2.90. The van der Waals surface area contributed by atoms with Crippen molar-refractivity contribution in [2.45, 2.75) is 27.3 Å². The summed E-state index contributed by atoms with van der Waals surface area (Å²) in [4.78, 5) is 12.6. The van der Waals surface area contributed by atoms with Gasteiger partial charge < -0.3 is 4.57 Å². The second-order valence-corrected chi connectivity index (χ2v) is 5.70. The Labute approximate surface area is 140 Å². The number of benzene rings is 1. The number of hydrogen-bond acceptors (Lipinski definition) is 3. The minimum absolute atomic E-state index is 0.0696. The van der Waals surface area contributed by atoms with Crippen LogP contribution in [0.15, 0.2) is 42.1 Å². The van der Waals surface area contributed by atoms with Crippen LogP contribution in [0, 0.1) is 25.2 Å². The topological polar surface area (TPSA) is 63.6 Å². The van der Waals surface area contributed by atoms with Crippen LogP contribution < -0.4 is 0 Å². The maximum Gasteiger partial charge on any atom is 0.289 e. The molecule has 0 aliphatic carbocycles. The predicted octanol–water partition coefficient (Wildman–Crippen LogP) is 3.72. The molecule has 0 fully saturated rings. The van der Waals surface area contributed by atoms with E-state index < -0.39 is 5.91 Å². The monoisotopic (exact) mass is 318 g/mol. The number of para-hydroxylation sites is 1. The minimum Gasteiger partial charge on any atom is -0.347 e.